The number of aromatic nitrogens is 4. The van der Waals surface area contributed by atoms with Gasteiger partial charge in [0.15, 0.2) is 0 Å². The van der Waals surface area contributed by atoms with Crippen LogP contribution in [-0.4, -0.2) is 39.8 Å². The van der Waals surface area contributed by atoms with E-state index in [0.29, 0.717) is 0 Å². The molecule has 2 N–H and O–H groups in total. The van der Waals surface area contributed by atoms with Crippen LogP contribution in [0.3, 0.4) is 0 Å². The maximum atomic E-state index is 4.66. The molecule has 0 saturated carbocycles. The molecule has 0 amide bonds. The Labute approximate surface area is 125 Å². The van der Waals surface area contributed by atoms with Gasteiger partial charge >= 0.3 is 0 Å². The second-order valence-corrected chi connectivity index (χ2v) is 5.53. The Morgan fingerprint density at radius 1 is 1.24 bits per heavy atom. The van der Waals surface area contributed by atoms with E-state index >= 15 is 0 Å². The van der Waals surface area contributed by atoms with Gasteiger partial charge < -0.3 is 10.2 Å². The minimum absolute atomic E-state index is 0.843. The van der Waals surface area contributed by atoms with Gasteiger partial charge in [0, 0.05) is 37.6 Å². The molecule has 0 radical (unpaired) electrons. The third kappa shape index (κ3) is 3.71. The van der Waals surface area contributed by atoms with Gasteiger partial charge in [-0.25, -0.2) is 4.98 Å². The number of aromatic amines is 1. The monoisotopic (exact) mass is 286 g/mol. The highest BCUT2D eigenvalue weighted by Crippen LogP contribution is 2.18. The SMILES string of the molecule is Cc1cc(NCCc2cn[nH]c2)nc(N2CCCCC2)n1. The zero-order valence-corrected chi connectivity index (χ0v) is 12.5. The van der Waals surface area contributed by atoms with Crippen molar-refractivity contribution in [3.05, 3.63) is 29.7 Å². The molecule has 3 heterocycles. The number of hydrogen-bond acceptors (Lipinski definition) is 5. The molecule has 0 aliphatic carbocycles. The number of H-pyrrole nitrogens is 1. The van der Waals surface area contributed by atoms with Crippen LogP contribution in [-0.2, 0) is 6.42 Å². The maximum Gasteiger partial charge on any atom is 0.227 e. The van der Waals surface area contributed by atoms with Crippen molar-refractivity contribution in [1.29, 1.82) is 0 Å². The lowest BCUT2D eigenvalue weighted by Gasteiger charge is -2.27. The molecule has 0 unspecified atom stereocenters. The zero-order valence-electron chi connectivity index (χ0n) is 12.5. The van der Waals surface area contributed by atoms with Crippen LogP contribution < -0.4 is 10.2 Å². The van der Waals surface area contributed by atoms with Crippen LogP contribution in [0.5, 0.6) is 0 Å². The first-order valence-electron chi connectivity index (χ1n) is 7.63. The topological polar surface area (TPSA) is 69.7 Å². The van der Waals surface area contributed by atoms with Gasteiger partial charge in [0.2, 0.25) is 5.95 Å². The Morgan fingerprint density at radius 3 is 2.86 bits per heavy atom. The van der Waals surface area contributed by atoms with Gasteiger partial charge in [0.05, 0.1) is 6.20 Å². The minimum atomic E-state index is 0.843. The van der Waals surface area contributed by atoms with Crippen molar-refractivity contribution in [1.82, 2.24) is 20.2 Å². The highest BCUT2D eigenvalue weighted by Gasteiger charge is 2.14. The fourth-order valence-corrected chi connectivity index (χ4v) is 2.63. The standard InChI is InChI=1S/C15H22N6/c1-12-9-14(16-6-5-13-10-17-18-11-13)20-15(19-12)21-7-3-2-4-8-21/h9-11H,2-8H2,1H3,(H,17,18)(H,16,19,20). The second kappa shape index (κ2) is 6.56. The Hall–Kier alpha value is -2.11. The van der Waals surface area contributed by atoms with Gasteiger partial charge in [-0.05, 0) is 38.2 Å². The molecule has 1 aliphatic rings. The van der Waals surface area contributed by atoms with Gasteiger partial charge in [0.1, 0.15) is 5.82 Å². The molecule has 0 spiro atoms. The van der Waals surface area contributed by atoms with Crippen molar-refractivity contribution in [2.24, 2.45) is 0 Å². The van der Waals surface area contributed by atoms with Gasteiger partial charge in [-0.1, -0.05) is 0 Å². The van der Waals surface area contributed by atoms with Crippen LogP contribution >= 0.6 is 0 Å². The summed E-state index contributed by atoms with van der Waals surface area (Å²) in [7, 11) is 0. The van der Waals surface area contributed by atoms with Crippen molar-refractivity contribution >= 4 is 11.8 Å². The van der Waals surface area contributed by atoms with Crippen molar-refractivity contribution < 1.29 is 0 Å². The number of rotatable bonds is 5. The lowest BCUT2D eigenvalue weighted by atomic mass is 10.1. The van der Waals surface area contributed by atoms with Crippen molar-refractivity contribution in [3.63, 3.8) is 0 Å². The molecule has 0 aromatic carbocycles. The van der Waals surface area contributed by atoms with Crippen molar-refractivity contribution in [2.75, 3.05) is 29.9 Å². The smallest absolute Gasteiger partial charge is 0.227 e. The van der Waals surface area contributed by atoms with Gasteiger partial charge in [-0.2, -0.15) is 10.1 Å². The van der Waals surface area contributed by atoms with E-state index in [1.165, 1.54) is 24.8 Å². The molecule has 2 aromatic heterocycles. The van der Waals surface area contributed by atoms with Gasteiger partial charge in [-0.15, -0.1) is 0 Å². The van der Waals surface area contributed by atoms with Crippen LogP contribution in [0.25, 0.3) is 0 Å². The molecule has 21 heavy (non-hydrogen) atoms. The molecule has 112 valence electrons. The van der Waals surface area contributed by atoms with E-state index < -0.39 is 0 Å². The largest absolute Gasteiger partial charge is 0.370 e. The summed E-state index contributed by atoms with van der Waals surface area (Å²) in [5.74, 6) is 1.77. The molecule has 0 bridgehead atoms. The Balaban J connectivity index is 1.63. The van der Waals surface area contributed by atoms with Crippen LogP contribution in [0.4, 0.5) is 11.8 Å². The van der Waals surface area contributed by atoms with Crippen LogP contribution in [0, 0.1) is 6.92 Å². The lowest BCUT2D eigenvalue weighted by molar-refractivity contribution is 0.568. The molecule has 3 rings (SSSR count). The quantitative estimate of drug-likeness (QED) is 0.881. The second-order valence-electron chi connectivity index (χ2n) is 5.53. The number of anilines is 2. The average molecular weight is 286 g/mol. The van der Waals surface area contributed by atoms with Gasteiger partial charge in [-0.3, -0.25) is 5.10 Å². The number of nitrogens with zero attached hydrogens (tertiary/aromatic N) is 4. The number of nitrogens with one attached hydrogen (secondary N) is 2. The summed E-state index contributed by atoms with van der Waals surface area (Å²) < 4.78 is 0. The fraction of sp³-hybridized carbons (Fsp3) is 0.533. The first-order chi connectivity index (χ1) is 10.3. The van der Waals surface area contributed by atoms with Crippen LogP contribution in [0.15, 0.2) is 18.5 Å². The summed E-state index contributed by atoms with van der Waals surface area (Å²) in [5.41, 5.74) is 2.21. The third-order valence-electron chi connectivity index (χ3n) is 3.76. The van der Waals surface area contributed by atoms with Crippen molar-refractivity contribution in [3.8, 4) is 0 Å². The van der Waals surface area contributed by atoms with E-state index in [-0.39, 0.29) is 0 Å². The van der Waals surface area contributed by atoms with E-state index in [2.05, 4.69) is 30.4 Å². The zero-order chi connectivity index (χ0) is 14.5. The van der Waals surface area contributed by atoms with Crippen LogP contribution in [0.1, 0.15) is 30.5 Å². The molecular weight excluding hydrogens is 264 g/mol. The molecule has 1 aliphatic heterocycles. The first kappa shape index (κ1) is 13.9. The number of aryl methyl sites for hydroxylation is 1. The molecular formula is C15H22N6. The molecule has 0 atom stereocenters. The summed E-state index contributed by atoms with van der Waals surface area (Å²) >= 11 is 0. The number of hydrogen-bond donors (Lipinski definition) is 2. The van der Waals surface area contributed by atoms with Gasteiger partial charge in [0.25, 0.3) is 0 Å². The average Bonchev–Trinajstić information content (AvgIpc) is 3.01. The highest BCUT2D eigenvalue weighted by atomic mass is 15.3. The lowest BCUT2D eigenvalue weighted by Crippen LogP contribution is -2.31. The van der Waals surface area contributed by atoms with E-state index in [0.717, 1.165) is 43.5 Å². The normalized spacial score (nSPS) is 15.2. The molecule has 1 saturated heterocycles. The minimum Gasteiger partial charge on any atom is -0.370 e. The summed E-state index contributed by atoms with van der Waals surface area (Å²) in [5, 5.41) is 10.2. The fourth-order valence-electron chi connectivity index (χ4n) is 2.63. The summed E-state index contributed by atoms with van der Waals surface area (Å²) in [6, 6.07) is 2.00. The Morgan fingerprint density at radius 2 is 2.10 bits per heavy atom. The van der Waals surface area contributed by atoms with Crippen molar-refractivity contribution in [2.45, 2.75) is 32.6 Å². The molecule has 6 nitrogen and oxygen atoms in total. The third-order valence-corrected chi connectivity index (χ3v) is 3.76. The molecule has 6 heteroatoms. The predicted octanol–water partition coefficient (Wildman–Crippen LogP) is 2.15. The summed E-state index contributed by atoms with van der Waals surface area (Å²) in [6.45, 7) is 5.00. The first-order valence-corrected chi connectivity index (χ1v) is 7.63. The summed E-state index contributed by atoms with van der Waals surface area (Å²) in [6.07, 6.45) is 8.50. The van der Waals surface area contributed by atoms with E-state index in [4.69, 9.17) is 0 Å². The Bertz CT molecular complexity index is 560. The van der Waals surface area contributed by atoms with E-state index in [1.807, 2.05) is 25.4 Å². The van der Waals surface area contributed by atoms with Crippen LogP contribution in [0.2, 0.25) is 0 Å². The Kier molecular flexibility index (Phi) is 4.33. The predicted molar refractivity (Wildman–Crippen MR) is 83.6 cm³/mol. The van der Waals surface area contributed by atoms with E-state index in [1.54, 1.807) is 0 Å². The molecule has 1 fully saturated rings. The van der Waals surface area contributed by atoms with E-state index in [9.17, 15) is 0 Å². The number of piperidine rings is 1. The molecule has 2 aromatic rings. The maximum absolute atomic E-state index is 4.66. The summed E-state index contributed by atoms with van der Waals surface area (Å²) in [4.78, 5) is 11.5. The highest BCUT2D eigenvalue weighted by molar-refractivity contribution is 5.44.